The van der Waals surface area contributed by atoms with Gasteiger partial charge < -0.3 is 5.32 Å². The lowest BCUT2D eigenvalue weighted by Gasteiger charge is -2.19. The fourth-order valence-electron chi connectivity index (χ4n) is 3.45. The van der Waals surface area contributed by atoms with Crippen LogP contribution in [0, 0.1) is 6.92 Å². The standard InChI is InChI=1S/C21H26N2O5S2/c1-15-6-7-18(14-20(15)30(27,28)23-12-4-5-13-23)21(24)22-16(2)17-8-10-19(11-9-17)29(3,25)26/h6-11,14,16H,4-5,12-13H2,1-3H3,(H,22,24)/t16-/m1/s1. The second-order valence-corrected chi connectivity index (χ2v) is 11.5. The van der Waals surface area contributed by atoms with Crippen LogP contribution in [-0.4, -0.2) is 46.4 Å². The summed E-state index contributed by atoms with van der Waals surface area (Å²) in [6.45, 7) is 4.50. The van der Waals surface area contributed by atoms with E-state index < -0.39 is 25.8 Å². The monoisotopic (exact) mass is 450 g/mol. The number of carbonyl (C=O) groups excluding carboxylic acids is 1. The van der Waals surface area contributed by atoms with Gasteiger partial charge in [-0.25, -0.2) is 16.8 Å². The van der Waals surface area contributed by atoms with E-state index in [1.165, 1.54) is 22.5 Å². The van der Waals surface area contributed by atoms with Crippen molar-refractivity contribution in [2.45, 2.75) is 42.5 Å². The molecule has 0 saturated carbocycles. The van der Waals surface area contributed by atoms with E-state index in [4.69, 9.17) is 0 Å². The van der Waals surface area contributed by atoms with Crippen LogP contribution in [0.3, 0.4) is 0 Å². The molecule has 1 heterocycles. The predicted molar refractivity (Wildman–Crippen MR) is 115 cm³/mol. The number of sulfonamides is 1. The zero-order valence-corrected chi connectivity index (χ0v) is 18.9. The lowest BCUT2D eigenvalue weighted by atomic mass is 10.1. The summed E-state index contributed by atoms with van der Waals surface area (Å²) >= 11 is 0. The molecule has 1 aliphatic heterocycles. The van der Waals surface area contributed by atoms with Crippen molar-refractivity contribution in [1.29, 1.82) is 0 Å². The fourth-order valence-corrected chi connectivity index (χ4v) is 5.85. The molecule has 0 radical (unpaired) electrons. The quantitative estimate of drug-likeness (QED) is 0.729. The lowest BCUT2D eigenvalue weighted by Crippen LogP contribution is -2.30. The van der Waals surface area contributed by atoms with Crippen LogP contribution in [0.25, 0.3) is 0 Å². The average molecular weight is 451 g/mol. The van der Waals surface area contributed by atoms with Gasteiger partial charge in [-0.05, 0) is 62.1 Å². The average Bonchev–Trinajstić information content (AvgIpc) is 3.23. The molecule has 1 atom stereocenters. The maximum absolute atomic E-state index is 12.9. The first kappa shape index (κ1) is 22.5. The third-order valence-electron chi connectivity index (χ3n) is 5.29. The van der Waals surface area contributed by atoms with Crippen molar-refractivity contribution in [2.24, 2.45) is 0 Å². The highest BCUT2D eigenvalue weighted by Crippen LogP contribution is 2.25. The van der Waals surface area contributed by atoms with E-state index in [0.29, 0.717) is 18.7 Å². The summed E-state index contributed by atoms with van der Waals surface area (Å²) in [7, 11) is -6.92. The van der Waals surface area contributed by atoms with Crippen LogP contribution in [0.5, 0.6) is 0 Å². The molecular weight excluding hydrogens is 424 g/mol. The second kappa shape index (κ2) is 8.49. The number of amides is 1. The van der Waals surface area contributed by atoms with E-state index in [9.17, 15) is 21.6 Å². The largest absolute Gasteiger partial charge is 0.346 e. The Hall–Kier alpha value is -2.23. The van der Waals surface area contributed by atoms with E-state index in [0.717, 1.165) is 24.7 Å². The number of hydrogen-bond donors (Lipinski definition) is 1. The van der Waals surface area contributed by atoms with Crippen molar-refractivity contribution in [1.82, 2.24) is 9.62 Å². The highest BCUT2D eigenvalue weighted by atomic mass is 32.2. The maximum atomic E-state index is 12.9. The van der Waals surface area contributed by atoms with E-state index in [1.807, 2.05) is 0 Å². The lowest BCUT2D eigenvalue weighted by molar-refractivity contribution is 0.0939. The third kappa shape index (κ3) is 4.74. The van der Waals surface area contributed by atoms with Gasteiger partial charge >= 0.3 is 0 Å². The summed E-state index contributed by atoms with van der Waals surface area (Å²) in [5, 5.41) is 2.84. The molecular formula is C21H26N2O5S2. The van der Waals surface area contributed by atoms with E-state index in [2.05, 4.69) is 5.32 Å². The van der Waals surface area contributed by atoms with Crippen LogP contribution in [0.2, 0.25) is 0 Å². The van der Waals surface area contributed by atoms with Crippen LogP contribution in [0.1, 0.15) is 47.3 Å². The fraction of sp³-hybridized carbons (Fsp3) is 0.381. The molecule has 0 spiro atoms. The molecule has 3 rings (SSSR count). The molecule has 1 saturated heterocycles. The molecule has 7 nitrogen and oxygen atoms in total. The van der Waals surface area contributed by atoms with Crippen LogP contribution >= 0.6 is 0 Å². The zero-order valence-electron chi connectivity index (χ0n) is 17.3. The summed E-state index contributed by atoms with van der Waals surface area (Å²) in [5.41, 5.74) is 1.61. The first-order chi connectivity index (χ1) is 14.0. The van der Waals surface area contributed by atoms with Gasteiger partial charge in [0, 0.05) is 24.9 Å². The van der Waals surface area contributed by atoms with Crippen molar-refractivity contribution < 1.29 is 21.6 Å². The summed E-state index contributed by atoms with van der Waals surface area (Å²) in [6, 6.07) is 10.6. The van der Waals surface area contributed by atoms with Gasteiger partial charge in [-0.1, -0.05) is 18.2 Å². The number of hydrogen-bond acceptors (Lipinski definition) is 5. The molecule has 0 unspecified atom stereocenters. The van der Waals surface area contributed by atoms with Crippen LogP contribution < -0.4 is 5.32 Å². The number of rotatable bonds is 6. The smallest absolute Gasteiger partial charge is 0.251 e. The number of nitrogens with zero attached hydrogens (tertiary/aromatic N) is 1. The molecule has 9 heteroatoms. The minimum absolute atomic E-state index is 0.155. The minimum atomic E-state index is -3.63. The Kier molecular flexibility index (Phi) is 6.35. The molecule has 30 heavy (non-hydrogen) atoms. The summed E-state index contributed by atoms with van der Waals surface area (Å²) in [6.07, 6.45) is 2.82. The Balaban J connectivity index is 1.80. The topological polar surface area (TPSA) is 101 Å². The molecule has 0 aromatic heterocycles. The third-order valence-corrected chi connectivity index (χ3v) is 8.46. The summed E-state index contributed by atoms with van der Waals surface area (Å²) in [5.74, 6) is -0.396. The minimum Gasteiger partial charge on any atom is -0.346 e. The maximum Gasteiger partial charge on any atom is 0.251 e. The molecule has 1 fully saturated rings. The van der Waals surface area contributed by atoms with Crippen molar-refractivity contribution >= 4 is 25.8 Å². The highest BCUT2D eigenvalue weighted by Gasteiger charge is 2.29. The molecule has 1 aliphatic rings. The summed E-state index contributed by atoms with van der Waals surface area (Å²) in [4.78, 5) is 13.1. The van der Waals surface area contributed by atoms with E-state index >= 15 is 0 Å². The van der Waals surface area contributed by atoms with Crippen molar-refractivity contribution in [3.8, 4) is 0 Å². The number of carbonyl (C=O) groups is 1. The van der Waals surface area contributed by atoms with Gasteiger partial charge in [-0.2, -0.15) is 4.31 Å². The molecule has 162 valence electrons. The molecule has 0 bridgehead atoms. The Morgan fingerprint density at radius 3 is 2.17 bits per heavy atom. The van der Waals surface area contributed by atoms with Gasteiger partial charge in [0.2, 0.25) is 10.0 Å². The first-order valence-corrected chi connectivity index (χ1v) is 13.0. The molecule has 1 amide bonds. The van der Waals surface area contributed by atoms with Crippen LogP contribution in [0.4, 0.5) is 0 Å². The number of aryl methyl sites for hydroxylation is 1. The molecule has 1 N–H and O–H groups in total. The van der Waals surface area contributed by atoms with Crippen LogP contribution in [0.15, 0.2) is 52.3 Å². The number of sulfone groups is 1. The number of benzene rings is 2. The Labute approximate surface area is 178 Å². The van der Waals surface area contributed by atoms with Crippen molar-refractivity contribution in [3.05, 3.63) is 59.2 Å². The number of nitrogens with one attached hydrogen (secondary N) is 1. The van der Waals surface area contributed by atoms with Gasteiger partial charge in [0.1, 0.15) is 0 Å². The molecule has 0 aliphatic carbocycles. The molecule has 2 aromatic carbocycles. The Bertz CT molecular complexity index is 1150. The van der Waals surface area contributed by atoms with Gasteiger partial charge in [0.05, 0.1) is 15.8 Å². The predicted octanol–water partition coefficient (Wildman–Crippen LogP) is 2.67. The zero-order chi connectivity index (χ0) is 22.1. The van der Waals surface area contributed by atoms with E-state index in [-0.39, 0.29) is 21.4 Å². The van der Waals surface area contributed by atoms with Gasteiger partial charge in [-0.3, -0.25) is 4.79 Å². The van der Waals surface area contributed by atoms with Crippen molar-refractivity contribution in [3.63, 3.8) is 0 Å². The van der Waals surface area contributed by atoms with Gasteiger partial charge in [0.25, 0.3) is 5.91 Å². The first-order valence-electron chi connectivity index (χ1n) is 9.72. The Morgan fingerprint density at radius 1 is 1.00 bits per heavy atom. The second-order valence-electron chi connectivity index (χ2n) is 7.63. The Morgan fingerprint density at radius 2 is 1.60 bits per heavy atom. The van der Waals surface area contributed by atoms with Crippen LogP contribution in [-0.2, 0) is 19.9 Å². The van der Waals surface area contributed by atoms with Gasteiger partial charge in [0.15, 0.2) is 9.84 Å². The van der Waals surface area contributed by atoms with Gasteiger partial charge in [-0.15, -0.1) is 0 Å². The SMILES string of the molecule is Cc1ccc(C(=O)N[C@H](C)c2ccc(S(C)(=O)=O)cc2)cc1S(=O)(=O)N1CCCC1. The van der Waals surface area contributed by atoms with Crippen molar-refractivity contribution in [2.75, 3.05) is 19.3 Å². The normalized spacial score (nSPS) is 16.4. The van der Waals surface area contributed by atoms with E-state index in [1.54, 1.807) is 38.1 Å². The highest BCUT2D eigenvalue weighted by molar-refractivity contribution is 7.90. The summed E-state index contributed by atoms with van der Waals surface area (Å²) < 4.78 is 50.5. The molecule has 2 aromatic rings.